The molecule has 1 N–H and O–H groups in total. The quantitative estimate of drug-likeness (QED) is 0.603. The lowest BCUT2D eigenvalue weighted by molar-refractivity contribution is -0.266. The molecule has 1 fully saturated rings. The standard InChI is InChI=1S/C18H25F3NO5P/c1-5-26-28(24,27-6-2)16(12-13(16)3)22-15(23)17(25-4,18(19,20)21)14-10-8-7-9-11-14/h7-11,13H,5-6,12H2,1-4H3,(H,22,23)/t13-,16-,17+/m0/s1. The van der Waals surface area contributed by atoms with Crippen molar-refractivity contribution in [3.05, 3.63) is 35.9 Å². The third-order valence-corrected chi connectivity index (χ3v) is 7.80. The Hall–Kier alpha value is -1.41. The number of rotatable bonds is 9. The van der Waals surface area contributed by atoms with Gasteiger partial charge in [-0.1, -0.05) is 37.3 Å². The topological polar surface area (TPSA) is 73.9 Å². The molecule has 6 nitrogen and oxygen atoms in total. The summed E-state index contributed by atoms with van der Waals surface area (Å²) in [5.41, 5.74) is -3.64. The van der Waals surface area contributed by atoms with Gasteiger partial charge in [0.05, 0.1) is 13.2 Å². The predicted octanol–water partition coefficient (Wildman–Crippen LogP) is 4.21. The molecule has 0 saturated heterocycles. The molecule has 1 amide bonds. The second-order valence-corrected chi connectivity index (χ2v) is 8.88. The van der Waals surface area contributed by atoms with Crippen molar-refractivity contribution in [1.29, 1.82) is 0 Å². The minimum absolute atomic E-state index is 0.0228. The van der Waals surface area contributed by atoms with E-state index in [2.05, 4.69) is 5.32 Å². The van der Waals surface area contributed by atoms with E-state index < -0.39 is 30.6 Å². The molecule has 0 heterocycles. The van der Waals surface area contributed by atoms with E-state index in [4.69, 9.17) is 13.8 Å². The molecule has 0 unspecified atom stereocenters. The molecule has 0 spiro atoms. The van der Waals surface area contributed by atoms with Crippen molar-refractivity contribution < 1.29 is 36.3 Å². The second kappa shape index (κ2) is 8.14. The van der Waals surface area contributed by atoms with Crippen LogP contribution in [0.1, 0.15) is 32.8 Å². The first-order valence-corrected chi connectivity index (χ1v) is 10.5. The van der Waals surface area contributed by atoms with E-state index in [1.807, 2.05) is 0 Å². The first-order valence-electron chi connectivity index (χ1n) is 8.93. The van der Waals surface area contributed by atoms with Gasteiger partial charge in [0.15, 0.2) is 0 Å². The van der Waals surface area contributed by atoms with Crippen LogP contribution in [0.4, 0.5) is 13.2 Å². The summed E-state index contributed by atoms with van der Waals surface area (Å²) in [6, 6.07) is 6.60. The van der Waals surface area contributed by atoms with Gasteiger partial charge < -0.3 is 19.1 Å². The van der Waals surface area contributed by atoms with Crippen molar-refractivity contribution in [2.75, 3.05) is 20.3 Å². The van der Waals surface area contributed by atoms with Crippen molar-refractivity contribution in [2.24, 2.45) is 5.92 Å². The van der Waals surface area contributed by atoms with Crippen LogP contribution in [0.25, 0.3) is 0 Å². The summed E-state index contributed by atoms with van der Waals surface area (Å²) in [7, 11) is -3.09. The molecule has 3 atom stereocenters. The van der Waals surface area contributed by atoms with Gasteiger partial charge in [-0.2, -0.15) is 13.2 Å². The van der Waals surface area contributed by atoms with Crippen molar-refractivity contribution in [3.8, 4) is 0 Å². The Kier molecular flexibility index (Phi) is 6.65. The molecule has 2 rings (SSSR count). The van der Waals surface area contributed by atoms with Gasteiger partial charge >= 0.3 is 13.8 Å². The molecule has 0 aliphatic heterocycles. The van der Waals surface area contributed by atoms with E-state index in [1.54, 1.807) is 20.8 Å². The Labute approximate surface area is 162 Å². The number of hydrogen-bond acceptors (Lipinski definition) is 5. The number of alkyl halides is 3. The fourth-order valence-corrected chi connectivity index (χ4v) is 5.84. The SMILES string of the molecule is CCOP(=O)(OCC)[C@@]1(NC(=O)[C@](OC)(c2ccccc2)C(F)(F)F)C[C@@H]1C. The summed E-state index contributed by atoms with van der Waals surface area (Å²) in [5, 5.41) is 0.799. The lowest BCUT2D eigenvalue weighted by Gasteiger charge is -2.36. The number of carbonyl (C=O) groups is 1. The predicted molar refractivity (Wildman–Crippen MR) is 96.7 cm³/mol. The summed E-state index contributed by atoms with van der Waals surface area (Å²) in [6.07, 6.45) is -4.89. The molecule has 1 aromatic rings. The van der Waals surface area contributed by atoms with E-state index in [-0.39, 0.29) is 31.1 Å². The van der Waals surface area contributed by atoms with E-state index in [1.165, 1.54) is 18.2 Å². The highest BCUT2D eigenvalue weighted by Gasteiger charge is 2.71. The zero-order valence-corrected chi connectivity index (χ0v) is 17.1. The lowest BCUT2D eigenvalue weighted by Crippen LogP contribution is -2.58. The van der Waals surface area contributed by atoms with E-state index >= 15 is 0 Å². The maximum absolute atomic E-state index is 14.1. The van der Waals surface area contributed by atoms with Crippen LogP contribution in [0.3, 0.4) is 0 Å². The molecule has 1 aliphatic rings. The highest BCUT2D eigenvalue weighted by atomic mass is 31.2. The highest BCUT2D eigenvalue weighted by molar-refractivity contribution is 7.56. The normalized spacial score (nSPS) is 24.5. The lowest BCUT2D eigenvalue weighted by atomic mass is 9.91. The molecule has 0 radical (unpaired) electrons. The Morgan fingerprint density at radius 2 is 1.71 bits per heavy atom. The summed E-state index contributed by atoms with van der Waals surface area (Å²) in [6.45, 7) is 4.89. The maximum Gasteiger partial charge on any atom is 0.430 e. The van der Waals surface area contributed by atoms with Crippen LogP contribution in [-0.2, 0) is 28.7 Å². The molecule has 0 bridgehead atoms. The fourth-order valence-electron chi connectivity index (χ4n) is 3.35. The van der Waals surface area contributed by atoms with Crippen LogP contribution in [0.5, 0.6) is 0 Å². The van der Waals surface area contributed by atoms with E-state index in [9.17, 15) is 22.5 Å². The van der Waals surface area contributed by atoms with Gasteiger partial charge in [-0.25, -0.2) is 0 Å². The van der Waals surface area contributed by atoms with Gasteiger partial charge in [-0.05, 0) is 26.2 Å². The number of methoxy groups -OCH3 is 1. The number of amides is 1. The molecule has 158 valence electrons. The van der Waals surface area contributed by atoms with Gasteiger partial charge in [-0.15, -0.1) is 0 Å². The minimum Gasteiger partial charge on any atom is -0.356 e. The van der Waals surface area contributed by atoms with Crippen LogP contribution >= 0.6 is 7.60 Å². The number of halogens is 3. The summed E-state index contributed by atoms with van der Waals surface area (Å²) in [5.74, 6) is -1.85. The molecular formula is C18H25F3NO5P. The first kappa shape index (κ1) is 22.9. The molecule has 28 heavy (non-hydrogen) atoms. The fraction of sp³-hybridized carbons (Fsp3) is 0.611. The molecule has 1 saturated carbocycles. The summed E-state index contributed by atoms with van der Waals surface area (Å²) in [4.78, 5) is 13.0. The van der Waals surface area contributed by atoms with Crippen LogP contribution in [0.15, 0.2) is 30.3 Å². The number of carbonyl (C=O) groups excluding carboxylic acids is 1. The van der Waals surface area contributed by atoms with Crippen LogP contribution in [0.2, 0.25) is 0 Å². The average Bonchev–Trinajstić information content (AvgIpc) is 3.27. The smallest absolute Gasteiger partial charge is 0.356 e. The van der Waals surface area contributed by atoms with Crippen molar-refractivity contribution in [3.63, 3.8) is 0 Å². The number of hydrogen-bond donors (Lipinski definition) is 1. The van der Waals surface area contributed by atoms with Gasteiger partial charge in [0.25, 0.3) is 11.5 Å². The third-order valence-electron chi connectivity index (χ3n) is 4.89. The average molecular weight is 423 g/mol. The van der Waals surface area contributed by atoms with Gasteiger partial charge in [0.2, 0.25) is 0 Å². The number of ether oxygens (including phenoxy) is 1. The van der Waals surface area contributed by atoms with Gasteiger partial charge in [0, 0.05) is 12.7 Å². The van der Waals surface area contributed by atoms with Crippen molar-refractivity contribution in [1.82, 2.24) is 5.32 Å². The number of nitrogens with one attached hydrogen (secondary N) is 1. The van der Waals surface area contributed by atoms with E-state index in [0.29, 0.717) is 0 Å². The molecule has 0 aromatic heterocycles. The first-order chi connectivity index (χ1) is 13.0. The number of benzene rings is 1. The maximum atomic E-state index is 14.1. The molecule has 1 aliphatic carbocycles. The summed E-state index contributed by atoms with van der Waals surface area (Å²) >= 11 is 0. The van der Waals surface area contributed by atoms with Gasteiger partial charge in [0.1, 0.15) is 5.28 Å². The zero-order valence-electron chi connectivity index (χ0n) is 16.2. The third kappa shape index (κ3) is 3.61. The molecule has 1 aromatic carbocycles. The molecular weight excluding hydrogens is 398 g/mol. The van der Waals surface area contributed by atoms with Crippen molar-refractivity contribution >= 4 is 13.5 Å². The zero-order chi connectivity index (χ0) is 21.2. The molecule has 10 heteroatoms. The van der Waals surface area contributed by atoms with Crippen LogP contribution < -0.4 is 5.32 Å². The minimum atomic E-state index is -5.06. The Morgan fingerprint density at radius 3 is 2.07 bits per heavy atom. The Bertz CT molecular complexity index is 734. The Balaban J connectivity index is 2.50. The highest BCUT2D eigenvalue weighted by Crippen LogP contribution is 2.72. The Morgan fingerprint density at radius 1 is 1.21 bits per heavy atom. The monoisotopic (exact) mass is 423 g/mol. The van der Waals surface area contributed by atoms with Crippen molar-refractivity contribution in [2.45, 2.75) is 44.2 Å². The second-order valence-electron chi connectivity index (χ2n) is 6.57. The van der Waals surface area contributed by atoms with Crippen LogP contribution in [0, 0.1) is 5.92 Å². The van der Waals surface area contributed by atoms with Gasteiger partial charge in [-0.3, -0.25) is 9.36 Å². The summed E-state index contributed by atoms with van der Waals surface area (Å²) < 4.78 is 70.9. The largest absolute Gasteiger partial charge is 0.430 e. The van der Waals surface area contributed by atoms with E-state index in [0.717, 1.165) is 19.2 Å². The van der Waals surface area contributed by atoms with Crippen LogP contribution in [-0.4, -0.2) is 37.7 Å².